The van der Waals surface area contributed by atoms with Gasteiger partial charge in [-0.15, -0.1) is 12.4 Å². The first kappa shape index (κ1) is 20.8. The molecule has 24 heavy (non-hydrogen) atoms. The highest BCUT2D eigenvalue weighted by atomic mass is 35.5. The Bertz CT molecular complexity index is 703. The van der Waals surface area contributed by atoms with Crippen molar-refractivity contribution in [1.82, 2.24) is 9.62 Å². The van der Waals surface area contributed by atoms with Crippen LogP contribution in [0.1, 0.15) is 30.9 Å². The molecule has 1 aliphatic rings. The molecule has 1 aromatic rings. The van der Waals surface area contributed by atoms with Gasteiger partial charge in [-0.3, -0.25) is 10.1 Å². The van der Waals surface area contributed by atoms with E-state index < -0.39 is 14.9 Å². The van der Waals surface area contributed by atoms with Gasteiger partial charge in [0.05, 0.1) is 4.92 Å². The molecule has 1 saturated heterocycles. The van der Waals surface area contributed by atoms with E-state index in [1.54, 1.807) is 19.9 Å². The molecular formula is C15H24ClN3O4S. The van der Waals surface area contributed by atoms with Crippen LogP contribution in [0.15, 0.2) is 17.0 Å². The van der Waals surface area contributed by atoms with Gasteiger partial charge < -0.3 is 5.32 Å². The topological polar surface area (TPSA) is 92.6 Å². The molecule has 0 saturated carbocycles. The lowest BCUT2D eigenvalue weighted by Crippen LogP contribution is -2.42. The molecule has 1 aliphatic heterocycles. The minimum absolute atomic E-state index is 0. The van der Waals surface area contributed by atoms with Gasteiger partial charge >= 0.3 is 0 Å². The van der Waals surface area contributed by atoms with Crippen LogP contribution in [0.2, 0.25) is 0 Å². The Morgan fingerprint density at radius 2 is 2.04 bits per heavy atom. The maximum absolute atomic E-state index is 13.2. The Kier molecular flexibility index (Phi) is 7.15. The van der Waals surface area contributed by atoms with Crippen molar-refractivity contribution < 1.29 is 13.3 Å². The third-order valence-electron chi connectivity index (χ3n) is 4.30. The molecule has 0 aliphatic carbocycles. The predicted octanol–water partition coefficient (Wildman–Crippen LogP) is 2.40. The van der Waals surface area contributed by atoms with Crippen LogP contribution in [-0.4, -0.2) is 43.3 Å². The van der Waals surface area contributed by atoms with E-state index in [-0.39, 0.29) is 29.0 Å². The number of nitrogens with one attached hydrogen (secondary N) is 1. The number of aryl methyl sites for hydroxylation is 1. The number of benzene rings is 1. The molecule has 0 aromatic heterocycles. The van der Waals surface area contributed by atoms with E-state index in [2.05, 4.69) is 5.32 Å². The summed E-state index contributed by atoms with van der Waals surface area (Å²) in [7, 11) is -3.92. The van der Waals surface area contributed by atoms with Gasteiger partial charge in [-0.1, -0.05) is 13.0 Å². The molecule has 0 radical (unpaired) electrons. The number of hydrogen-bond acceptors (Lipinski definition) is 5. The highest BCUT2D eigenvalue weighted by molar-refractivity contribution is 7.89. The average Bonchev–Trinajstić information content (AvgIpc) is 3.00. The Morgan fingerprint density at radius 1 is 1.38 bits per heavy atom. The van der Waals surface area contributed by atoms with Gasteiger partial charge in [0.1, 0.15) is 0 Å². The van der Waals surface area contributed by atoms with Crippen LogP contribution in [0.25, 0.3) is 0 Å². The normalized spacial score (nSPS) is 17.8. The summed E-state index contributed by atoms with van der Waals surface area (Å²) < 4.78 is 27.8. The Labute approximate surface area is 149 Å². The first-order valence-corrected chi connectivity index (χ1v) is 9.21. The second-order valence-electron chi connectivity index (χ2n) is 5.88. The number of hydrogen-bond donors (Lipinski definition) is 1. The minimum atomic E-state index is -3.92. The monoisotopic (exact) mass is 377 g/mol. The summed E-state index contributed by atoms with van der Waals surface area (Å²) in [4.78, 5) is 10.6. The number of sulfonamides is 1. The van der Waals surface area contributed by atoms with Crippen LogP contribution in [0, 0.1) is 24.0 Å². The third kappa shape index (κ3) is 3.88. The molecule has 0 amide bonds. The van der Waals surface area contributed by atoms with Crippen LogP contribution in [-0.2, 0) is 10.0 Å². The van der Waals surface area contributed by atoms with Crippen molar-refractivity contribution in [2.75, 3.05) is 19.6 Å². The van der Waals surface area contributed by atoms with E-state index in [0.29, 0.717) is 25.1 Å². The van der Waals surface area contributed by atoms with Crippen LogP contribution in [0.3, 0.4) is 0 Å². The smallest absolute Gasteiger partial charge is 0.289 e. The second-order valence-corrected chi connectivity index (χ2v) is 7.70. The fourth-order valence-electron chi connectivity index (χ4n) is 2.97. The van der Waals surface area contributed by atoms with E-state index in [4.69, 9.17) is 0 Å². The van der Waals surface area contributed by atoms with Gasteiger partial charge in [-0.25, -0.2) is 8.42 Å². The zero-order valence-corrected chi connectivity index (χ0v) is 15.7. The van der Waals surface area contributed by atoms with Crippen LogP contribution < -0.4 is 5.32 Å². The van der Waals surface area contributed by atoms with Crippen LogP contribution in [0.4, 0.5) is 5.69 Å². The molecule has 0 spiro atoms. The predicted molar refractivity (Wildman–Crippen MR) is 95.3 cm³/mol. The molecule has 1 atom stereocenters. The largest absolute Gasteiger partial charge is 0.315 e. The van der Waals surface area contributed by atoms with Gasteiger partial charge in [-0.2, -0.15) is 4.31 Å². The highest BCUT2D eigenvalue weighted by Gasteiger charge is 2.38. The van der Waals surface area contributed by atoms with Gasteiger partial charge in [0.15, 0.2) is 4.90 Å². The zero-order chi connectivity index (χ0) is 17.2. The summed E-state index contributed by atoms with van der Waals surface area (Å²) >= 11 is 0. The molecule has 1 aromatic carbocycles. The summed E-state index contributed by atoms with van der Waals surface area (Å²) in [5.41, 5.74) is 0.835. The van der Waals surface area contributed by atoms with Crippen LogP contribution in [0.5, 0.6) is 0 Å². The lowest BCUT2D eigenvalue weighted by atomic mass is 10.1. The van der Waals surface area contributed by atoms with Crippen molar-refractivity contribution in [2.45, 2.75) is 44.6 Å². The molecule has 7 nitrogen and oxygen atoms in total. The van der Waals surface area contributed by atoms with Crippen molar-refractivity contribution in [2.24, 2.45) is 0 Å². The lowest BCUT2D eigenvalue weighted by molar-refractivity contribution is -0.388. The summed E-state index contributed by atoms with van der Waals surface area (Å²) in [5, 5.41) is 14.5. The first-order valence-electron chi connectivity index (χ1n) is 7.77. The van der Waals surface area contributed by atoms with Gasteiger partial charge in [0.2, 0.25) is 10.0 Å². The number of nitrogens with zero attached hydrogens (tertiary/aromatic N) is 2. The molecule has 2 rings (SSSR count). The van der Waals surface area contributed by atoms with E-state index in [1.807, 2.05) is 6.92 Å². The second kappa shape index (κ2) is 8.24. The molecule has 1 fully saturated rings. The van der Waals surface area contributed by atoms with E-state index >= 15 is 0 Å². The van der Waals surface area contributed by atoms with Crippen molar-refractivity contribution in [3.8, 4) is 0 Å². The number of halogens is 1. The van der Waals surface area contributed by atoms with Crippen molar-refractivity contribution >= 4 is 28.1 Å². The first-order chi connectivity index (χ1) is 10.8. The summed E-state index contributed by atoms with van der Waals surface area (Å²) in [5.74, 6) is 0. The Morgan fingerprint density at radius 3 is 2.54 bits per heavy atom. The van der Waals surface area contributed by atoms with E-state index in [1.165, 1.54) is 10.4 Å². The molecular weight excluding hydrogens is 354 g/mol. The molecule has 1 N–H and O–H groups in total. The molecule has 136 valence electrons. The molecule has 1 unspecified atom stereocenters. The SMILES string of the molecule is CCCN(C1CCNC1)S(=O)(=O)c1c([N+](=O)[O-])ccc(C)c1C.Cl. The zero-order valence-electron chi connectivity index (χ0n) is 14.1. The van der Waals surface area contributed by atoms with Gasteiger partial charge in [0.25, 0.3) is 5.69 Å². The third-order valence-corrected chi connectivity index (χ3v) is 6.43. The standard InChI is InChI=1S/C15H23N3O4S.ClH/c1-4-9-17(13-7-8-16-10-13)23(21,22)15-12(3)11(2)5-6-14(15)18(19)20;/h5-6,13,16H,4,7-10H2,1-3H3;1H. The van der Waals surface area contributed by atoms with Crippen LogP contribution >= 0.6 is 12.4 Å². The fraction of sp³-hybridized carbons (Fsp3) is 0.600. The highest BCUT2D eigenvalue weighted by Crippen LogP contribution is 2.33. The number of rotatable bonds is 6. The van der Waals surface area contributed by atoms with Crippen molar-refractivity contribution in [1.29, 1.82) is 0 Å². The van der Waals surface area contributed by atoms with E-state index in [9.17, 15) is 18.5 Å². The van der Waals surface area contributed by atoms with Gasteiger partial charge in [-0.05, 0) is 44.4 Å². The summed E-state index contributed by atoms with van der Waals surface area (Å²) in [6.07, 6.45) is 1.38. The maximum atomic E-state index is 13.2. The molecule has 9 heteroatoms. The minimum Gasteiger partial charge on any atom is -0.315 e. The lowest BCUT2D eigenvalue weighted by Gasteiger charge is -2.28. The number of nitro benzene ring substituents is 1. The Balaban J connectivity index is 0.00000288. The quantitative estimate of drug-likeness (QED) is 0.607. The molecule has 1 heterocycles. The summed E-state index contributed by atoms with van der Waals surface area (Å²) in [6, 6.07) is 2.72. The van der Waals surface area contributed by atoms with Gasteiger partial charge in [0, 0.05) is 25.2 Å². The Hall–Kier alpha value is -1.22. The van der Waals surface area contributed by atoms with Crippen molar-refractivity contribution in [3.05, 3.63) is 33.4 Å². The molecule has 0 bridgehead atoms. The number of nitro groups is 1. The fourth-order valence-corrected chi connectivity index (χ4v) is 5.15. The summed E-state index contributed by atoms with van der Waals surface area (Å²) in [6.45, 7) is 7.00. The van der Waals surface area contributed by atoms with E-state index in [0.717, 1.165) is 18.5 Å². The maximum Gasteiger partial charge on any atom is 0.289 e. The van der Waals surface area contributed by atoms with Crippen molar-refractivity contribution in [3.63, 3.8) is 0 Å². The average molecular weight is 378 g/mol.